The molecule has 2 amide bonds. The highest BCUT2D eigenvalue weighted by Gasteiger charge is 2.49. The van der Waals surface area contributed by atoms with Crippen LogP contribution >= 0.6 is 11.3 Å². The number of carbonyl (C=O) groups excluding carboxylic acids is 2. The molecule has 4 aromatic heterocycles. The lowest BCUT2D eigenvalue weighted by Crippen LogP contribution is -2.49. The van der Waals surface area contributed by atoms with Gasteiger partial charge >= 0.3 is 12.1 Å². The number of anilines is 4. The number of hydrogen-bond acceptors (Lipinski definition) is 10. The number of para-hydroxylation sites is 1. The van der Waals surface area contributed by atoms with Crippen molar-refractivity contribution < 1.29 is 24.2 Å². The average Bonchev–Trinajstić information content (AvgIpc) is 3.98. The number of fused-ring (bicyclic) bond motifs is 3. The Kier molecular flexibility index (Phi) is 10.5. The Morgan fingerprint density at radius 2 is 1.63 bits per heavy atom. The molecule has 5 heterocycles. The van der Waals surface area contributed by atoms with Crippen molar-refractivity contribution in [1.29, 1.82) is 0 Å². The average molecular weight is 890 g/mol. The maximum atomic E-state index is 14.1. The number of ether oxygens (including phenoxy) is 1. The van der Waals surface area contributed by atoms with Crippen LogP contribution in [0.4, 0.5) is 27.1 Å². The molecule has 12 rings (SSSR count). The number of thiazole rings is 1. The van der Waals surface area contributed by atoms with Gasteiger partial charge in [0.05, 0.1) is 33.9 Å². The van der Waals surface area contributed by atoms with Crippen molar-refractivity contribution >= 4 is 67.5 Å². The SMILES string of the molecule is Cc1c(-c2ccn3c(Nc4cc(N5CCN(C(=O)OCc6ccccc6)CC5)ccc4C(=O)Nc4nc5ccccc5s4)cnc3c2C(=O)O)cnn1CC12CC3CCC(CC(C3)C1)C2. The molecule has 2 unspecified atom stereocenters. The van der Waals surface area contributed by atoms with Crippen LogP contribution in [0, 0.1) is 30.1 Å². The van der Waals surface area contributed by atoms with Gasteiger partial charge in [-0.3, -0.25) is 19.2 Å². The zero-order chi connectivity index (χ0) is 44.2. The number of nitrogens with zero attached hydrogens (tertiary/aromatic N) is 7. The fourth-order valence-electron chi connectivity index (χ4n) is 11.5. The second-order valence-corrected chi connectivity index (χ2v) is 19.6. The Balaban J connectivity index is 0.872. The van der Waals surface area contributed by atoms with Gasteiger partial charge in [0.2, 0.25) is 0 Å². The number of rotatable bonds is 11. The van der Waals surface area contributed by atoms with Crippen molar-refractivity contribution in [3.63, 3.8) is 0 Å². The molecule has 2 atom stereocenters. The fourth-order valence-corrected chi connectivity index (χ4v) is 12.4. The zero-order valence-electron chi connectivity index (χ0n) is 36.3. The van der Waals surface area contributed by atoms with Crippen LogP contribution in [0.3, 0.4) is 0 Å². The Labute approximate surface area is 380 Å². The number of carbonyl (C=O) groups is 3. The third kappa shape index (κ3) is 7.95. The first kappa shape index (κ1) is 41.0. The first-order chi connectivity index (χ1) is 31.6. The molecular weight excluding hydrogens is 839 g/mol. The summed E-state index contributed by atoms with van der Waals surface area (Å²) in [6, 6.07) is 24.7. The third-order valence-corrected chi connectivity index (χ3v) is 15.3. The second kappa shape index (κ2) is 16.7. The van der Waals surface area contributed by atoms with Crippen LogP contribution in [0.25, 0.3) is 27.0 Å². The lowest BCUT2D eigenvalue weighted by Gasteiger charge is -2.48. The minimum Gasteiger partial charge on any atom is -0.478 e. The summed E-state index contributed by atoms with van der Waals surface area (Å²) >= 11 is 1.39. The largest absolute Gasteiger partial charge is 0.478 e. The molecule has 4 aliphatic carbocycles. The molecule has 0 radical (unpaired) electrons. The van der Waals surface area contributed by atoms with Gasteiger partial charge < -0.3 is 25.0 Å². The van der Waals surface area contributed by atoms with Crippen molar-refractivity contribution in [3.8, 4) is 11.1 Å². The molecule has 1 aliphatic heterocycles. The van der Waals surface area contributed by atoms with E-state index in [0.29, 0.717) is 53.9 Å². The number of carboxylic acids is 1. The molecule has 7 aromatic rings. The van der Waals surface area contributed by atoms with Crippen LogP contribution in [0.2, 0.25) is 0 Å². The van der Waals surface area contributed by atoms with Gasteiger partial charge in [-0.2, -0.15) is 5.10 Å². The van der Waals surface area contributed by atoms with Gasteiger partial charge in [-0.15, -0.1) is 0 Å². The standard InChI is InChI=1S/C50H51N9O5S/c1-31-39(27-52-59(31)30-50-24-33-11-12-34(25-50)22-35(21-33)26-50)37-15-16-58-43(28-51-45(58)44(37)47(61)62)53-41-23-36(13-14-38(41)46(60)55-48-54-40-9-5-6-10-42(40)65-48)56-17-19-57(20-18-56)49(63)64-29-32-7-3-2-4-8-32/h2-10,13-16,23,27-28,33-35,53H,11-12,17-22,24-26,29-30H2,1H3,(H,61,62)(H,54,55,60). The summed E-state index contributed by atoms with van der Waals surface area (Å²) in [5.41, 5.74) is 6.35. The molecule has 3 aromatic carbocycles. The number of pyridine rings is 1. The number of nitrogens with one attached hydrogen (secondary N) is 2. The third-order valence-electron chi connectivity index (χ3n) is 14.4. The molecular formula is C50H51N9O5S. The Bertz CT molecular complexity index is 2900. The van der Waals surface area contributed by atoms with Gasteiger partial charge in [-0.1, -0.05) is 66.6 Å². The number of amides is 2. The minimum absolute atomic E-state index is 0.0810. The van der Waals surface area contributed by atoms with E-state index < -0.39 is 5.97 Å². The summed E-state index contributed by atoms with van der Waals surface area (Å²) in [7, 11) is 0. The predicted octanol–water partition coefficient (Wildman–Crippen LogP) is 9.88. The molecule has 5 aliphatic rings. The van der Waals surface area contributed by atoms with Crippen LogP contribution < -0.4 is 15.5 Å². The van der Waals surface area contributed by atoms with Crippen LogP contribution in [-0.4, -0.2) is 78.3 Å². The second-order valence-electron chi connectivity index (χ2n) is 18.6. The maximum Gasteiger partial charge on any atom is 0.410 e. The van der Waals surface area contributed by atoms with Crippen LogP contribution in [0.15, 0.2) is 97.5 Å². The van der Waals surface area contributed by atoms with Crippen molar-refractivity contribution in [2.75, 3.05) is 41.7 Å². The van der Waals surface area contributed by atoms with Gasteiger partial charge in [0.15, 0.2) is 10.8 Å². The highest BCUT2D eigenvalue weighted by atomic mass is 32.1. The summed E-state index contributed by atoms with van der Waals surface area (Å²) in [5, 5.41) is 22.6. The van der Waals surface area contributed by atoms with E-state index in [9.17, 15) is 19.5 Å². The molecule has 1 saturated heterocycles. The summed E-state index contributed by atoms with van der Waals surface area (Å²) < 4.78 is 10.4. The van der Waals surface area contributed by atoms with E-state index in [1.165, 1.54) is 56.3 Å². The number of aromatic carboxylic acids is 1. The highest BCUT2D eigenvalue weighted by Crippen LogP contribution is 2.58. The van der Waals surface area contributed by atoms with Crippen LogP contribution in [-0.2, 0) is 17.9 Å². The maximum absolute atomic E-state index is 14.1. The first-order valence-electron chi connectivity index (χ1n) is 22.7. The summed E-state index contributed by atoms with van der Waals surface area (Å²) in [6.45, 7) is 5.16. The van der Waals surface area contributed by atoms with Crippen LogP contribution in [0.1, 0.15) is 76.9 Å². The lowest BCUT2D eigenvalue weighted by molar-refractivity contribution is 0.0169. The molecule has 5 fully saturated rings. The van der Waals surface area contributed by atoms with Gasteiger partial charge in [-0.25, -0.2) is 19.6 Å². The normalized spacial score (nSPS) is 21.5. The smallest absolute Gasteiger partial charge is 0.410 e. The van der Waals surface area contributed by atoms with Crippen molar-refractivity contribution in [2.45, 2.75) is 65.0 Å². The highest BCUT2D eigenvalue weighted by molar-refractivity contribution is 7.22. The molecule has 0 spiro atoms. The Hall–Kier alpha value is -6.74. The number of aromatic nitrogens is 5. The summed E-state index contributed by atoms with van der Waals surface area (Å²) in [5.74, 6) is 1.48. The van der Waals surface area contributed by atoms with E-state index in [1.54, 1.807) is 21.6 Å². The summed E-state index contributed by atoms with van der Waals surface area (Å²) in [4.78, 5) is 53.5. The van der Waals surface area contributed by atoms with E-state index >= 15 is 0 Å². The van der Waals surface area contributed by atoms with E-state index in [0.717, 1.165) is 57.0 Å². The Morgan fingerprint density at radius 3 is 2.40 bits per heavy atom. The molecule has 65 heavy (non-hydrogen) atoms. The zero-order valence-corrected chi connectivity index (χ0v) is 37.1. The topological polar surface area (TPSA) is 159 Å². The minimum atomic E-state index is -1.09. The van der Waals surface area contributed by atoms with Crippen LogP contribution in [0.5, 0.6) is 0 Å². The Morgan fingerprint density at radius 1 is 0.877 bits per heavy atom. The van der Waals surface area contributed by atoms with Gasteiger partial charge in [0.1, 0.15) is 18.0 Å². The molecule has 332 valence electrons. The van der Waals surface area contributed by atoms with Gasteiger partial charge in [0, 0.05) is 61.4 Å². The van der Waals surface area contributed by atoms with E-state index in [-0.39, 0.29) is 35.2 Å². The number of benzene rings is 3. The summed E-state index contributed by atoms with van der Waals surface area (Å²) in [6.07, 6.45) is 14.1. The van der Waals surface area contributed by atoms with Gasteiger partial charge in [-0.05, 0) is 104 Å². The monoisotopic (exact) mass is 889 g/mol. The fraction of sp³-hybridized carbons (Fsp3) is 0.360. The number of hydrogen-bond donors (Lipinski definition) is 3. The quantitative estimate of drug-likeness (QED) is 0.114. The predicted molar refractivity (Wildman–Crippen MR) is 251 cm³/mol. The molecule has 4 saturated carbocycles. The molecule has 3 N–H and O–H groups in total. The van der Waals surface area contributed by atoms with Crippen molar-refractivity contribution in [3.05, 3.63) is 120 Å². The lowest BCUT2D eigenvalue weighted by atomic mass is 9.58. The molecule has 14 nitrogen and oxygen atoms in total. The number of piperazine rings is 1. The van der Waals surface area contributed by atoms with Gasteiger partial charge in [0.25, 0.3) is 5.91 Å². The van der Waals surface area contributed by atoms with E-state index in [2.05, 4.69) is 37.1 Å². The molecule has 4 bridgehead atoms. The van der Waals surface area contributed by atoms with Crippen molar-refractivity contribution in [2.24, 2.45) is 23.2 Å². The number of carboxylic acid groups (broad SMARTS) is 1. The first-order valence-corrected chi connectivity index (χ1v) is 23.5. The molecule has 15 heteroatoms. The number of imidazole rings is 1. The van der Waals surface area contributed by atoms with E-state index in [4.69, 9.17) is 9.84 Å². The van der Waals surface area contributed by atoms with E-state index in [1.807, 2.05) is 85.2 Å². The van der Waals surface area contributed by atoms with Crippen molar-refractivity contribution in [1.82, 2.24) is 29.0 Å².